The normalized spacial score (nSPS) is 23.6. The van der Waals surface area contributed by atoms with Gasteiger partial charge in [-0.1, -0.05) is 6.07 Å². The Labute approximate surface area is 146 Å². The Kier molecular flexibility index (Phi) is 3.46. The van der Waals surface area contributed by atoms with Gasteiger partial charge in [0.05, 0.1) is 11.0 Å². The average molecular weight is 333 g/mol. The number of amides is 1. The lowest BCUT2D eigenvalue weighted by Gasteiger charge is -2.41. The maximum Gasteiger partial charge on any atom is 0.238 e. The summed E-state index contributed by atoms with van der Waals surface area (Å²) in [6.45, 7) is 3.93. The van der Waals surface area contributed by atoms with E-state index >= 15 is 0 Å². The van der Waals surface area contributed by atoms with Crippen LogP contribution in [-0.2, 0) is 10.2 Å². The van der Waals surface area contributed by atoms with Gasteiger partial charge in [-0.2, -0.15) is 5.26 Å². The molecule has 25 heavy (non-hydrogen) atoms. The minimum Gasteiger partial charge on any atom is -0.367 e. The number of hydrogen-bond donors (Lipinski definition) is 1. The van der Waals surface area contributed by atoms with Crippen LogP contribution >= 0.6 is 0 Å². The van der Waals surface area contributed by atoms with Crippen LogP contribution in [0.5, 0.6) is 0 Å². The van der Waals surface area contributed by atoms with E-state index in [0.29, 0.717) is 5.56 Å². The number of hydrogen-bond acceptors (Lipinski definition) is 5. The van der Waals surface area contributed by atoms with Crippen LogP contribution in [0.25, 0.3) is 0 Å². The smallest absolute Gasteiger partial charge is 0.238 e. The number of aromatic nitrogens is 2. The van der Waals surface area contributed by atoms with Crippen LogP contribution in [0.15, 0.2) is 36.7 Å². The van der Waals surface area contributed by atoms with Crippen molar-refractivity contribution in [3.05, 3.63) is 47.8 Å². The van der Waals surface area contributed by atoms with E-state index in [-0.39, 0.29) is 18.0 Å². The summed E-state index contributed by atoms with van der Waals surface area (Å²) in [5.74, 6) is 1.69. The Balaban J connectivity index is 1.45. The van der Waals surface area contributed by atoms with Crippen LogP contribution in [0.4, 0.5) is 11.6 Å². The zero-order chi connectivity index (χ0) is 17.6. The first-order valence-corrected chi connectivity index (χ1v) is 8.42. The minimum absolute atomic E-state index is 0.126. The second kappa shape index (κ2) is 5.55. The third kappa shape index (κ3) is 2.43. The summed E-state index contributed by atoms with van der Waals surface area (Å²) in [5.41, 5.74) is 1.03. The number of carbonyl (C=O) groups is 1. The minimum atomic E-state index is -0.517. The summed E-state index contributed by atoms with van der Waals surface area (Å²) in [7, 11) is 0. The fraction of sp³-hybridized carbons (Fsp3) is 0.368. The molecule has 1 saturated carbocycles. The zero-order valence-electron chi connectivity index (χ0n) is 14.2. The third-order valence-electron chi connectivity index (χ3n) is 5.16. The summed E-state index contributed by atoms with van der Waals surface area (Å²) in [6, 6.07) is 9.94. The quantitative estimate of drug-likeness (QED) is 0.933. The van der Waals surface area contributed by atoms with Crippen molar-refractivity contribution in [2.45, 2.75) is 44.2 Å². The van der Waals surface area contributed by atoms with Crippen LogP contribution < -0.4 is 10.2 Å². The Hall–Kier alpha value is -2.94. The summed E-state index contributed by atoms with van der Waals surface area (Å²) in [6.07, 6.45) is 5.03. The summed E-state index contributed by atoms with van der Waals surface area (Å²) < 4.78 is 0. The number of nitrogens with one attached hydrogen (secondary N) is 1. The monoisotopic (exact) mass is 333 g/mol. The number of rotatable bonds is 3. The molecule has 1 fully saturated rings. The lowest BCUT2D eigenvalue weighted by Crippen LogP contribution is -2.53. The molecule has 6 heteroatoms. The Morgan fingerprint density at radius 3 is 2.76 bits per heavy atom. The van der Waals surface area contributed by atoms with Gasteiger partial charge in [0.15, 0.2) is 0 Å². The van der Waals surface area contributed by atoms with Crippen molar-refractivity contribution in [1.29, 1.82) is 5.26 Å². The van der Waals surface area contributed by atoms with Gasteiger partial charge in [-0.15, -0.1) is 0 Å². The highest BCUT2D eigenvalue weighted by atomic mass is 16.2. The number of anilines is 2. The molecule has 4 rings (SSSR count). The van der Waals surface area contributed by atoms with Gasteiger partial charge in [-0.3, -0.25) is 9.69 Å². The van der Waals surface area contributed by atoms with Gasteiger partial charge in [0.25, 0.3) is 0 Å². The van der Waals surface area contributed by atoms with Crippen LogP contribution in [-0.4, -0.2) is 28.0 Å². The molecule has 2 aromatic rings. The van der Waals surface area contributed by atoms with Gasteiger partial charge in [-0.05, 0) is 44.9 Å². The van der Waals surface area contributed by atoms with Crippen molar-refractivity contribution >= 4 is 17.5 Å². The predicted octanol–water partition coefficient (Wildman–Crippen LogP) is 2.62. The van der Waals surface area contributed by atoms with Gasteiger partial charge in [-0.25, -0.2) is 9.97 Å². The predicted molar refractivity (Wildman–Crippen MR) is 94.1 cm³/mol. The molecule has 0 atom stereocenters. The molecule has 1 aliphatic heterocycles. The number of nitrogens with zero attached hydrogens (tertiary/aromatic N) is 4. The van der Waals surface area contributed by atoms with Crippen molar-refractivity contribution in [3.63, 3.8) is 0 Å². The van der Waals surface area contributed by atoms with Crippen LogP contribution in [0.3, 0.4) is 0 Å². The molecule has 0 saturated heterocycles. The molecule has 0 unspecified atom stereocenters. The topological polar surface area (TPSA) is 81.9 Å². The molecule has 1 aliphatic carbocycles. The highest BCUT2D eigenvalue weighted by molar-refractivity contribution is 6.07. The molecular weight excluding hydrogens is 314 g/mol. The second-order valence-electron chi connectivity index (χ2n) is 7.19. The number of pyridine rings is 2. The maximum absolute atomic E-state index is 12.9. The Morgan fingerprint density at radius 1 is 1.28 bits per heavy atom. The molecule has 3 heterocycles. The average Bonchev–Trinajstić information content (AvgIpc) is 2.79. The highest BCUT2D eigenvalue weighted by Gasteiger charge is 2.50. The van der Waals surface area contributed by atoms with Gasteiger partial charge in [0.2, 0.25) is 5.91 Å². The Morgan fingerprint density at radius 2 is 2.08 bits per heavy atom. The van der Waals surface area contributed by atoms with E-state index in [4.69, 9.17) is 5.26 Å². The van der Waals surface area contributed by atoms with Crippen molar-refractivity contribution in [3.8, 4) is 6.07 Å². The summed E-state index contributed by atoms with van der Waals surface area (Å²) in [5, 5.41) is 12.2. The van der Waals surface area contributed by atoms with E-state index in [1.165, 1.54) is 0 Å². The number of fused-ring (bicyclic) bond motifs is 1. The van der Waals surface area contributed by atoms with Gasteiger partial charge >= 0.3 is 0 Å². The van der Waals surface area contributed by atoms with E-state index in [1.807, 2.05) is 36.9 Å². The van der Waals surface area contributed by atoms with Crippen molar-refractivity contribution in [1.82, 2.24) is 9.97 Å². The number of carbonyl (C=O) groups excluding carboxylic acids is 1. The molecule has 0 bridgehead atoms. The van der Waals surface area contributed by atoms with Crippen LogP contribution in [0.1, 0.15) is 37.8 Å². The van der Waals surface area contributed by atoms with Crippen molar-refractivity contribution in [2.75, 3.05) is 10.2 Å². The Bertz CT molecular complexity index is 862. The summed E-state index contributed by atoms with van der Waals surface area (Å²) in [4.78, 5) is 23.5. The molecule has 1 amide bonds. The first-order valence-electron chi connectivity index (χ1n) is 8.42. The molecule has 126 valence electrons. The fourth-order valence-corrected chi connectivity index (χ4v) is 3.60. The first-order chi connectivity index (χ1) is 12.0. The largest absolute Gasteiger partial charge is 0.367 e. The second-order valence-corrected chi connectivity index (χ2v) is 7.19. The molecule has 2 aromatic heterocycles. The van der Waals surface area contributed by atoms with Crippen LogP contribution in [0.2, 0.25) is 0 Å². The lowest BCUT2D eigenvalue weighted by atomic mass is 9.84. The van der Waals surface area contributed by atoms with Crippen molar-refractivity contribution in [2.24, 2.45) is 0 Å². The lowest BCUT2D eigenvalue weighted by molar-refractivity contribution is -0.122. The molecule has 0 aromatic carbocycles. The van der Waals surface area contributed by atoms with Crippen LogP contribution in [0, 0.1) is 11.3 Å². The molecule has 6 nitrogen and oxygen atoms in total. The van der Waals surface area contributed by atoms with Crippen molar-refractivity contribution < 1.29 is 4.79 Å². The summed E-state index contributed by atoms with van der Waals surface area (Å²) >= 11 is 0. The van der Waals surface area contributed by atoms with Gasteiger partial charge in [0.1, 0.15) is 17.7 Å². The van der Waals surface area contributed by atoms with E-state index in [1.54, 1.807) is 18.5 Å². The molecule has 0 spiro atoms. The molecule has 0 radical (unpaired) electrons. The fourth-order valence-electron chi connectivity index (χ4n) is 3.60. The molecular formula is C19H19N5O. The SMILES string of the molecule is CC1(C)C(=O)N([C@H]2C[C@H](Nc3ccc(C#N)cn3)C2)c2ncccc21. The third-order valence-corrected chi connectivity index (χ3v) is 5.16. The van der Waals surface area contributed by atoms with E-state index < -0.39 is 5.41 Å². The maximum atomic E-state index is 12.9. The van der Waals surface area contributed by atoms with E-state index in [2.05, 4.69) is 21.4 Å². The zero-order valence-corrected chi connectivity index (χ0v) is 14.2. The molecule has 1 N–H and O–H groups in total. The standard InChI is InChI=1S/C19H19N5O/c1-19(2)15-4-3-7-21-17(15)24(18(19)25)14-8-13(9-14)23-16-6-5-12(10-20)11-22-16/h3-7,11,13-14H,8-9H2,1-2H3,(H,22,23)/t13-,14-. The molecule has 2 aliphatic rings. The highest BCUT2D eigenvalue weighted by Crippen LogP contribution is 2.44. The van der Waals surface area contributed by atoms with E-state index in [9.17, 15) is 4.79 Å². The van der Waals surface area contributed by atoms with Gasteiger partial charge < -0.3 is 5.32 Å². The van der Waals surface area contributed by atoms with Gasteiger partial charge in [0, 0.05) is 30.0 Å². The number of nitriles is 1. The first kappa shape index (κ1) is 15.6. The van der Waals surface area contributed by atoms with E-state index in [0.717, 1.165) is 30.0 Å².